The number of ether oxygens (including phenoxy) is 2. The monoisotopic (exact) mass is 481 g/mol. The van der Waals surface area contributed by atoms with Gasteiger partial charge in [0.25, 0.3) is 0 Å². The fourth-order valence-corrected chi connectivity index (χ4v) is 5.78. The smallest absolute Gasteiger partial charge is 0.326 e. The van der Waals surface area contributed by atoms with Crippen LogP contribution in [0.4, 0.5) is 17.6 Å². The van der Waals surface area contributed by atoms with Crippen LogP contribution in [0.3, 0.4) is 0 Å². The zero-order chi connectivity index (χ0) is 24.6. The predicted molar refractivity (Wildman–Crippen MR) is 134 cm³/mol. The minimum Gasteiger partial charge on any atom is -0.468 e. The van der Waals surface area contributed by atoms with E-state index in [-0.39, 0.29) is 18.1 Å². The summed E-state index contributed by atoms with van der Waals surface area (Å²) in [7, 11) is 3.56. The topological polar surface area (TPSA) is 117 Å². The third-order valence-corrected chi connectivity index (χ3v) is 7.48. The molecule has 10 heteroatoms. The molecule has 0 spiro atoms. The average molecular weight is 482 g/mol. The molecule has 2 fully saturated rings. The Labute approximate surface area is 205 Å². The van der Waals surface area contributed by atoms with Gasteiger partial charge in [-0.25, -0.2) is 4.98 Å². The first kappa shape index (κ1) is 23.7. The van der Waals surface area contributed by atoms with Crippen molar-refractivity contribution in [3.8, 4) is 0 Å². The Bertz CT molecular complexity index is 1120. The van der Waals surface area contributed by atoms with Gasteiger partial charge in [-0.2, -0.15) is 10.1 Å². The van der Waals surface area contributed by atoms with E-state index in [9.17, 15) is 4.79 Å². The Morgan fingerprint density at radius 1 is 1.29 bits per heavy atom. The molecule has 0 saturated carbocycles. The van der Waals surface area contributed by atoms with Gasteiger partial charge in [-0.1, -0.05) is 13.0 Å². The number of esters is 1. The molecular weight excluding hydrogens is 446 g/mol. The number of carbonyl (C=O) groups is 1. The second-order valence-corrected chi connectivity index (χ2v) is 10.2. The van der Waals surface area contributed by atoms with Gasteiger partial charge in [-0.15, -0.1) is 0 Å². The Hall–Kier alpha value is -2.98. The van der Waals surface area contributed by atoms with Gasteiger partial charge in [0.1, 0.15) is 11.4 Å². The van der Waals surface area contributed by atoms with Crippen LogP contribution in [0.2, 0.25) is 0 Å². The van der Waals surface area contributed by atoms with Gasteiger partial charge in [0, 0.05) is 42.5 Å². The van der Waals surface area contributed by atoms with E-state index in [0.29, 0.717) is 36.7 Å². The first-order chi connectivity index (χ1) is 16.8. The van der Waals surface area contributed by atoms with Crippen LogP contribution in [-0.2, 0) is 14.3 Å². The lowest BCUT2D eigenvalue weighted by molar-refractivity contribution is -0.149. The summed E-state index contributed by atoms with van der Waals surface area (Å²) in [5.74, 6) is 2.28. The molecule has 5 heterocycles. The average Bonchev–Trinajstić information content (AvgIpc) is 3.59. The largest absolute Gasteiger partial charge is 0.468 e. The summed E-state index contributed by atoms with van der Waals surface area (Å²) in [5, 5.41) is 14.2. The molecule has 1 unspecified atom stereocenters. The summed E-state index contributed by atoms with van der Waals surface area (Å²) < 4.78 is 10.7. The third kappa shape index (κ3) is 4.90. The standard InChI is InChI=1S/C25H35N7O3/c1-15-9-19(11-18-5-7-25(13-15,29-18)23(33)34-4)32(3)24-26-20(17-6-8-35-14-17)12-21(28-24)27-22-10-16(2)30-31-22/h6,10,12,15,18-19,29H,5,7-9,11,13-14H2,1-4H3,(H2,26,27,28,30,31)/t15-,18-,19+,25?/m0/s1. The summed E-state index contributed by atoms with van der Waals surface area (Å²) in [4.78, 5) is 24.6. The van der Waals surface area contributed by atoms with Crippen molar-refractivity contribution in [2.24, 2.45) is 5.92 Å². The number of nitrogens with zero attached hydrogens (tertiary/aromatic N) is 4. The molecule has 2 aromatic rings. The van der Waals surface area contributed by atoms with Crippen molar-refractivity contribution < 1.29 is 14.3 Å². The van der Waals surface area contributed by atoms with E-state index in [2.05, 4.69) is 45.8 Å². The van der Waals surface area contributed by atoms with E-state index in [4.69, 9.17) is 19.4 Å². The number of carbonyl (C=O) groups excluding carboxylic acids is 1. The molecule has 4 atom stereocenters. The number of nitrogens with one attached hydrogen (secondary N) is 3. The number of anilines is 3. The third-order valence-electron chi connectivity index (χ3n) is 7.48. The van der Waals surface area contributed by atoms with E-state index >= 15 is 0 Å². The fraction of sp³-hybridized carbons (Fsp3) is 0.600. The molecule has 35 heavy (non-hydrogen) atoms. The first-order valence-electron chi connectivity index (χ1n) is 12.4. The van der Waals surface area contributed by atoms with Crippen molar-refractivity contribution in [1.29, 1.82) is 0 Å². The molecule has 0 amide bonds. The Balaban J connectivity index is 1.42. The second kappa shape index (κ2) is 9.58. The molecule has 10 nitrogen and oxygen atoms in total. The summed E-state index contributed by atoms with van der Waals surface area (Å²) in [6.45, 7) is 5.33. The molecule has 2 saturated heterocycles. The maximum absolute atomic E-state index is 12.6. The van der Waals surface area contributed by atoms with E-state index in [0.717, 1.165) is 49.1 Å². The normalized spacial score (nSPS) is 28.2. The van der Waals surface area contributed by atoms with Gasteiger partial charge in [-0.3, -0.25) is 15.2 Å². The van der Waals surface area contributed by atoms with Crippen LogP contribution in [0, 0.1) is 12.8 Å². The van der Waals surface area contributed by atoms with Gasteiger partial charge in [-0.05, 0) is 44.9 Å². The van der Waals surface area contributed by atoms with Crippen molar-refractivity contribution in [2.45, 2.75) is 63.6 Å². The lowest BCUT2D eigenvalue weighted by Crippen LogP contribution is -2.54. The molecule has 2 aromatic heterocycles. The van der Waals surface area contributed by atoms with Crippen molar-refractivity contribution in [3.05, 3.63) is 29.6 Å². The summed E-state index contributed by atoms with van der Waals surface area (Å²) in [6, 6.07) is 4.39. The number of methoxy groups -OCH3 is 1. The van der Waals surface area contributed by atoms with Crippen molar-refractivity contribution in [2.75, 3.05) is 37.6 Å². The molecule has 5 rings (SSSR count). The summed E-state index contributed by atoms with van der Waals surface area (Å²) in [6.07, 6.45) is 6.50. The lowest BCUT2D eigenvalue weighted by Gasteiger charge is -2.38. The Morgan fingerprint density at radius 2 is 2.14 bits per heavy atom. The van der Waals surface area contributed by atoms with Crippen LogP contribution in [0.15, 0.2) is 18.2 Å². The molecule has 3 aliphatic rings. The number of rotatable bonds is 6. The zero-order valence-corrected chi connectivity index (χ0v) is 20.9. The maximum atomic E-state index is 12.6. The number of hydrogen-bond donors (Lipinski definition) is 3. The first-order valence-corrected chi connectivity index (χ1v) is 12.4. The number of fused-ring (bicyclic) bond motifs is 2. The van der Waals surface area contributed by atoms with Gasteiger partial charge in [0.05, 0.1) is 26.0 Å². The quantitative estimate of drug-likeness (QED) is 0.535. The molecule has 3 N–H and O–H groups in total. The van der Waals surface area contributed by atoms with Gasteiger partial charge in [0.15, 0.2) is 5.82 Å². The van der Waals surface area contributed by atoms with Crippen LogP contribution in [0.5, 0.6) is 0 Å². The Morgan fingerprint density at radius 3 is 2.86 bits per heavy atom. The van der Waals surface area contributed by atoms with Crippen LogP contribution in [0.25, 0.3) is 5.57 Å². The molecular formula is C25H35N7O3. The minimum atomic E-state index is -0.549. The number of H-pyrrole nitrogens is 1. The van der Waals surface area contributed by atoms with Crippen molar-refractivity contribution in [1.82, 2.24) is 25.5 Å². The predicted octanol–water partition coefficient (Wildman–Crippen LogP) is 2.95. The van der Waals surface area contributed by atoms with Gasteiger partial charge < -0.3 is 19.7 Å². The maximum Gasteiger partial charge on any atom is 0.326 e. The van der Waals surface area contributed by atoms with E-state index < -0.39 is 5.54 Å². The number of aromatic amines is 1. The number of aromatic nitrogens is 4. The summed E-state index contributed by atoms with van der Waals surface area (Å²) >= 11 is 0. The van der Waals surface area contributed by atoms with Crippen LogP contribution >= 0.6 is 0 Å². The molecule has 0 aromatic carbocycles. The summed E-state index contributed by atoms with van der Waals surface area (Å²) in [5.41, 5.74) is 2.35. The van der Waals surface area contributed by atoms with Crippen LogP contribution in [-0.4, -0.2) is 71.1 Å². The van der Waals surface area contributed by atoms with E-state index in [1.807, 2.05) is 19.1 Å². The highest BCUT2D eigenvalue weighted by atomic mass is 16.5. The minimum absolute atomic E-state index is 0.133. The van der Waals surface area contributed by atoms with E-state index in [1.165, 1.54) is 7.11 Å². The van der Waals surface area contributed by atoms with Gasteiger partial charge in [0.2, 0.25) is 5.95 Å². The molecule has 3 aliphatic heterocycles. The van der Waals surface area contributed by atoms with Gasteiger partial charge >= 0.3 is 5.97 Å². The number of hydrogen-bond acceptors (Lipinski definition) is 9. The zero-order valence-electron chi connectivity index (χ0n) is 20.9. The van der Waals surface area contributed by atoms with E-state index in [1.54, 1.807) is 0 Å². The van der Waals surface area contributed by atoms with Crippen LogP contribution in [0.1, 0.15) is 50.4 Å². The lowest BCUT2D eigenvalue weighted by atomic mass is 9.83. The highest BCUT2D eigenvalue weighted by Gasteiger charge is 2.48. The van der Waals surface area contributed by atoms with Crippen LogP contribution < -0.4 is 15.5 Å². The molecule has 188 valence electrons. The highest BCUT2D eigenvalue weighted by molar-refractivity contribution is 5.81. The Kier molecular flexibility index (Phi) is 6.50. The van der Waals surface area contributed by atoms with Crippen molar-refractivity contribution in [3.63, 3.8) is 0 Å². The highest BCUT2D eigenvalue weighted by Crippen LogP contribution is 2.38. The second-order valence-electron chi connectivity index (χ2n) is 10.2. The SMILES string of the molecule is COC(=O)C12CC[C@@H](C[C@H](N(C)c3nc(Nc4cc(C)[nH]n4)cc(C4=CCOC4)n3)C[C@H](C)C1)N2. The molecule has 0 radical (unpaired) electrons. The number of aryl methyl sites for hydroxylation is 1. The fourth-order valence-electron chi connectivity index (χ4n) is 5.78. The van der Waals surface area contributed by atoms with Crippen molar-refractivity contribution >= 4 is 29.1 Å². The molecule has 0 aliphatic carbocycles. The molecule has 2 bridgehead atoms.